The van der Waals surface area contributed by atoms with Gasteiger partial charge in [-0.25, -0.2) is 4.39 Å². The Kier molecular flexibility index (Phi) is 10.6. The Hall–Kier alpha value is -3.09. The lowest BCUT2D eigenvalue weighted by Crippen LogP contribution is -2.62. The predicted molar refractivity (Wildman–Crippen MR) is 156 cm³/mol. The Balaban J connectivity index is 1.31. The van der Waals surface area contributed by atoms with Crippen molar-refractivity contribution in [3.05, 3.63) is 35.6 Å². The van der Waals surface area contributed by atoms with E-state index < -0.39 is 17.4 Å². The maximum absolute atomic E-state index is 14.0. The van der Waals surface area contributed by atoms with Gasteiger partial charge in [0.15, 0.2) is 0 Å². The van der Waals surface area contributed by atoms with Gasteiger partial charge in [0, 0.05) is 43.8 Å². The van der Waals surface area contributed by atoms with Gasteiger partial charge in [0.25, 0.3) is 5.91 Å². The number of amides is 4. The van der Waals surface area contributed by atoms with Gasteiger partial charge in [-0.05, 0) is 62.8 Å². The van der Waals surface area contributed by atoms with E-state index in [9.17, 15) is 23.6 Å². The van der Waals surface area contributed by atoms with Gasteiger partial charge in [-0.2, -0.15) is 0 Å². The van der Waals surface area contributed by atoms with E-state index in [1.165, 1.54) is 37.1 Å². The van der Waals surface area contributed by atoms with Crippen LogP contribution in [0, 0.1) is 5.82 Å². The molecular formula is C31H44FN5O6. The lowest BCUT2D eigenvalue weighted by molar-refractivity contribution is -0.145. The van der Waals surface area contributed by atoms with E-state index in [1.807, 2.05) is 0 Å². The molecule has 43 heavy (non-hydrogen) atoms. The van der Waals surface area contributed by atoms with Gasteiger partial charge in [-0.3, -0.25) is 19.2 Å². The van der Waals surface area contributed by atoms with Crippen LogP contribution in [-0.4, -0.2) is 110 Å². The van der Waals surface area contributed by atoms with Crippen molar-refractivity contribution in [1.29, 1.82) is 0 Å². The summed E-state index contributed by atoms with van der Waals surface area (Å²) in [5.41, 5.74) is -0.515. The number of nitrogens with zero attached hydrogens (tertiary/aromatic N) is 2. The monoisotopic (exact) mass is 601 g/mol. The third-order valence-electron chi connectivity index (χ3n) is 9.20. The summed E-state index contributed by atoms with van der Waals surface area (Å²) in [6.07, 6.45) is 6.72. The molecule has 11 nitrogen and oxygen atoms in total. The molecule has 0 aromatic heterocycles. The van der Waals surface area contributed by atoms with Crippen molar-refractivity contribution in [1.82, 2.24) is 25.8 Å². The number of halogens is 1. The number of benzene rings is 1. The first-order valence-corrected chi connectivity index (χ1v) is 15.7. The third kappa shape index (κ3) is 8.30. The quantitative estimate of drug-likeness (QED) is 0.477. The molecule has 5 rings (SSSR count). The Morgan fingerprint density at radius 3 is 2.40 bits per heavy atom. The van der Waals surface area contributed by atoms with Gasteiger partial charge in [-0.15, -0.1) is 0 Å². The van der Waals surface area contributed by atoms with E-state index in [4.69, 9.17) is 9.47 Å². The number of nitrogens with one attached hydrogen (secondary N) is 3. The lowest BCUT2D eigenvalue weighted by atomic mass is 9.82. The van der Waals surface area contributed by atoms with Crippen LogP contribution in [-0.2, 0) is 23.9 Å². The zero-order valence-corrected chi connectivity index (χ0v) is 24.8. The largest absolute Gasteiger partial charge is 0.377 e. The number of piperidine rings is 2. The summed E-state index contributed by atoms with van der Waals surface area (Å²) in [6, 6.07) is 5.40. The second kappa shape index (κ2) is 14.6. The van der Waals surface area contributed by atoms with Crippen molar-refractivity contribution in [2.45, 2.75) is 81.5 Å². The molecule has 1 saturated carbocycles. The summed E-state index contributed by atoms with van der Waals surface area (Å²) in [4.78, 5) is 56.8. The highest BCUT2D eigenvalue weighted by atomic mass is 19.1. The number of carbonyl (C=O) groups excluding carboxylic acids is 4. The average molecular weight is 602 g/mol. The Morgan fingerprint density at radius 1 is 0.930 bits per heavy atom. The molecule has 4 aliphatic rings. The van der Waals surface area contributed by atoms with Crippen LogP contribution in [0.1, 0.15) is 68.1 Å². The zero-order valence-electron chi connectivity index (χ0n) is 24.8. The summed E-state index contributed by atoms with van der Waals surface area (Å²) >= 11 is 0. The van der Waals surface area contributed by atoms with Crippen molar-refractivity contribution in [2.75, 3.05) is 52.6 Å². The number of rotatable bonds is 3. The Bertz CT molecular complexity index is 1140. The first kappa shape index (κ1) is 31.3. The first-order chi connectivity index (χ1) is 20.8. The van der Waals surface area contributed by atoms with Crippen molar-refractivity contribution >= 4 is 23.6 Å². The molecule has 2 atom stereocenters. The van der Waals surface area contributed by atoms with Crippen molar-refractivity contribution in [3.8, 4) is 0 Å². The van der Waals surface area contributed by atoms with E-state index in [0.29, 0.717) is 63.7 Å². The predicted octanol–water partition coefficient (Wildman–Crippen LogP) is 1.36. The molecule has 1 spiro atoms. The van der Waals surface area contributed by atoms with Crippen LogP contribution in [0.5, 0.6) is 0 Å². The highest BCUT2D eigenvalue weighted by molar-refractivity contribution is 5.94. The number of hydrogen-bond acceptors (Lipinski definition) is 7. The molecule has 3 aliphatic heterocycles. The van der Waals surface area contributed by atoms with E-state index >= 15 is 0 Å². The van der Waals surface area contributed by atoms with Crippen LogP contribution >= 0.6 is 0 Å². The molecule has 1 aliphatic carbocycles. The molecule has 1 aromatic carbocycles. The minimum absolute atomic E-state index is 0.0188. The van der Waals surface area contributed by atoms with Crippen LogP contribution in [0.2, 0.25) is 0 Å². The summed E-state index contributed by atoms with van der Waals surface area (Å²) in [5.74, 6) is -1.37. The molecule has 0 bridgehead atoms. The van der Waals surface area contributed by atoms with Gasteiger partial charge < -0.3 is 35.2 Å². The first-order valence-electron chi connectivity index (χ1n) is 15.7. The molecule has 3 heterocycles. The number of ether oxygens (including phenoxy) is 2. The minimum Gasteiger partial charge on any atom is -0.377 e. The maximum Gasteiger partial charge on any atom is 0.253 e. The second-order valence-electron chi connectivity index (χ2n) is 12.2. The minimum atomic E-state index is -0.898. The number of hydrogen-bond donors (Lipinski definition) is 3. The molecule has 236 valence electrons. The molecule has 0 unspecified atom stereocenters. The fraction of sp³-hybridized carbons (Fsp3) is 0.677. The van der Waals surface area contributed by atoms with Gasteiger partial charge in [0.2, 0.25) is 17.7 Å². The van der Waals surface area contributed by atoms with Gasteiger partial charge in [0.05, 0.1) is 31.8 Å². The molecule has 12 heteroatoms. The van der Waals surface area contributed by atoms with E-state index in [-0.39, 0.29) is 55.9 Å². The topological polar surface area (TPSA) is 129 Å². The molecule has 4 amide bonds. The van der Waals surface area contributed by atoms with Crippen LogP contribution < -0.4 is 16.0 Å². The van der Waals surface area contributed by atoms with Crippen molar-refractivity contribution in [2.24, 2.45) is 0 Å². The highest BCUT2D eigenvalue weighted by Crippen LogP contribution is 2.30. The second-order valence-corrected chi connectivity index (χ2v) is 12.2. The molecular weight excluding hydrogens is 557 g/mol. The van der Waals surface area contributed by atoms with E-state index in [1.54, 1.807) is 9.80 Å². The van der Waals surface area contributed by atoms with Crippen LogP contribution in [0.25, 0.3) is 0 Å². The molecule has 3 N–H and O–H groups in total. The highest BCUT2D eigenvalue weighted by Gasteiger charge is 2.43. The van der Waals surface area contributed by atoms with E-state index in [0.717, 1.165) is 19.3 Å². The molecule has 0 radical (unpaired) electrons. The fourth-order valence-electron chi connectivity index (χ4n) is 6.82. The van der Waals surface area contributed by atoms with Gasteiger partial charge >= 0.3 is 0 Å². The Morgan fingerprint density at radius 2 is 1.65 bits per heavy atom. The molecule has 1 aromatic rings. The van der Waals surface area contributed by atoms with Gasteiger partial charge in [0.1, 0.15) is 18.5 Å². The smallest absolute Gasteiger partial charge is 0.253 e. The molecule has 3 saturated heterocycles. The summed E-state index contributed by atoms with van der Waals surface area (Å²) in [5, 5.41) is 9.74. The fourth-order valence-corrected chi connectivity index (χ4v) is 6.82. The number of fused-ring (bicyclic) bond motifs is 1. The normalized spacial score (nSPS) is 26.6. The van der Waals surface area contributed by atoms with Crippen molar-refractivity contribution < 1.29 is 33.0 Å². The zero-order chi connectivity index (χ0) is 30.2. The average Bonchev–Trinajstić information content (AvgIpc) is 3.51. The standard InChI is InChI=1S/C31H44FN5O6/c32-23-7-5-22(6-8-23)30(41)36-14-10-31(11-15-36)20-28(39)37-13-9-25(34-24-3-1-2-4-24)19-26(37)29(40)33-12-16-42-17-18-43-21-27(38)35-31/h5-8,24-26,34H,1-4,9-21H2,(H,33,40)(H,35,38)/t25-,26+/m1/s1. The number of likely N-dealkylation sites (tertiary alicyclic amines) is 1. The van der Waals surface area contributed by atoms with Crippen LogP contribution in [0.15, 0.2) is 24.3 Å². The van der Waals surface area contributed by atoms with Gasteiger partial charge in [-0.1, -0.05) is 12.8 Å². The van der Waals surface area contributed by atoms with Crippen LogP contribution in [0.3, 0.4) is 0 Å². The lowest BCUT2D eigenvalue weighted by Gasteiger charge is -2.45. The van der Waals surface area contributed by atoms with Crippen molar-refractivity contribution in [3.63, 3.8) is 0 Å². The van der Waals surface area contributed by atoms with E-state index in [2.05, 4.69) is 16.0 Å². The SMILES string of the molecule is O=C1COCCOCCNC(=O)[C@@H]2C[C@H](NC3CCCC3)CCN2C(=O)CC2(CCN(C(=O)c3ccc(F)cc3)CC2)N1. The third-order valence-corrected chi connectivity index (χ3v) is 9.20. The molecule has 4 fully saturated rings. The van der Waals surface area contributed by atoms with Crippen LogP contribution in [0.4, 0.5) is 4.39 Å². The summed E-state index contributed by atoms with van der Waals surface area (Å²) in [7, 11) is 0. The summed E-state index contributed by atoms with van der Waals surface area (Å²) in [6.45, 7) is 2.04. The maximum atomic E-state index is 14.0. The summed E-state index contributed by atoms with van der Waals surface area (Å²) < 4.78 is 24.4. The Labute approximate surface area is 252 Å². The number of carbonyl (C=O) groups is 4.